The Labute approximate surface area is 128 Å². The van der Waals surface area contributed by atoms with Crippen LogP contribution < -0.4 is 5.32 Å². The van der Waals surface area contributed by atoms with Crippen molar-refractivity contribution in [2.75, 3.05) is 14.1 Å². The molecule has 1 amide bonds. The zero-order chi connectivity index (χ0) is 15.1. The Morgan fingerprint density at radius 1 is 1.10 bits per heavy atom. The van der Waals surface area contributed by atoms with Crippen LogP contribution in [0.3, 0.4) is 0 Å². The monoisotopic (exact) mass is 288 g/mol. The molecule has 1 aliphatic carbocycles. The van der Waals surface area contributed by atoms with E-state index in [1.165, 1.54) is 43.2 Å². The van der Waals surface area contributed by atoms with Crippen molar-refractivity contribution in [3.05, 3.63) is 35.4 Å². The molecule has 3 heteroatoms. The van der Waals surface area contributed by atoms with Crippen molar-refractivity contribution >= 4 is 5.91 Å². The van der Waals surface area contributed by atoms with E-state index in [9.17, 15) is 4.79 Å². The zero-order valence-corrected chi connectivity index (χ0v) is 13.4. The van der Waals surface area contributed by atoms with E-state index in [0.29, 0.717) is 18.9 Å². The molecule has 1 saturated carbocycles. The first kappa shape index (κ1) is 16.0. The Bertz CT molecular complexity index is 433. The van der Waals surface area contributed by atoms with Gasteiger partial charge in [-0.2, -0.15) is 0 Å². The molecule has 0 bridgehead atoms. The Morgan fingerprint density at radius 3 is 2.33 bits per heavy atom. The lowest BCUT2D eigenvalue weighted by Gasteiger charge is -2.20. The molecule has 0 radical (unpaired) electrons. The van der Waals surface area contributed by atoms with E-state index in [2.05, 4.69) is 48.6 Å². The second-order valence-corrected chi connectivity index (χ2v) is 6.54. The summed E-state index contributed by atoms with van der Waals surface area (Å²) >= 11 is 0. The summed E-state index contributed by atoms with van der Waals surface area (Å²) in [6.45, 7) is 1.60. The van der Waals surface area contributed by atoms with Crippen LogP contribution >= 0.6 is 0 Å². The molecule has 0 aliphatic heterocycles. The average Bonchev–Trinajstić information content (AvgIpc) is 2.47. The summed E-state index contributed by atoms with van der Waals surface area (Å²) in [6, 6.07) is 8.50. The van der Waals surface area contributed by atoms with Gasteiger partial charge in [0.25, 0.3) is 0 Å². The smallest absolute Gasteiger partial charge is 0.220 e. The molecule has 1 aliphatic rings. The molecule has 0 spiro atoms. The number of rotatable bonds is 6. The number of nitrogens with zero attached hydrogens (tertiary/aromatic N) is 1. The van der Waals surface area contributed by atoms with E-state index in [1.54, 1.807) is 0 Å². The lowest BCUT2D eigenvalue weighted by Crippen LogP contribution is -2.25. The molecular formula is C18H28N2O. The molecule has 0 unspecified atom stereocenters. The molecule has 21 heavy (non-hydrogen) atoms. The standard InChI is InChI=1S/C18H28N2O/c1-20(2)14-17-10-8-16(9-11-17)13-19-18(21)12-15-6-4-3-5-7-15/h8-11,15H,3-7,12-14H2,1-2H3,(H,19,21). The maximum Gasteiger partial charge on any atom is 0.220 e. The molecular weight excluding hydrogens is 260 g/mol. The SMILES string of the molecule is CN(C)Cc1ccc(CNC(=O)CC2CCCCC2)cc1. The van der Waals surface area contributed by atoms with Crippen LogP contribution in [0.1, 0.15) is 49.7 Å². The van der Waals surface area contributed by atoms with Gasteiger partial charge < -0.3 is 10.2 Å². The van der Waals surface area contributed by atoms with Gasteiger partial charge in [0.1, 0.15) is 0 Å². The fourth-order valence-electron chi connectivity index (χ4n) is 3.05. The predicted octanol–water partition coefficient (Wildman–Crippen LogP) is 3.33. The Kier molecular flexibility index (Phi) is 6.24. The third-order valence-electron chi connectivity index (χ3n) is 4.21. The summed E-state index contributed by atoms with van der Waals surface area (Å²) < 4.78 is 0. The van der Waals surface area contributed by atoms with Gasteiger partial charge in [-0.05, 0) is 44.0 Å². The third kappa shape index (κ3) is 5.88. The first-order valence-corrected chi connectivity index (χ1v) is 8.13. The van der Waals surface area contributed by atoms with Gasteiger partial charge in [-0.3, -0.25) is 4.79 Å². The van der Waals surface area contributed by atoms with E-state index < -0.39 is 0 Å². The second kappa shape index (κ2) is 8.18. The summed E-state index contributed by atoms with van der Waals surface area (Å²) in [7, 11) is 4.14. The van der Waals surface area contributed by atoms with Gasteiger partial charge in [0.05, 0.1) is 0 Å². The maximum absolute atomic E-state index is 12.0. The summed E-state index contributed by atoms with van der Waals surface area (Å²) in [6.07, 6.45) is 7.10. The topological polar surface area (TPSA) is 32.3 Å². The van der Waals surface area contributed by atoms with E-state index in [1.807, 2.05) is 0 Å². The molecule has 0 heterocycles. The molecule has 1 aromatic carbocycles. The van der Waals surface area contributed by atoms with Crippen molar-refractivity contribution in [3.63, 3.8) is 0 Å². The molecule has 1 N–H and O–H groups in total. The largest absolute Gasteiger partial charge is 0.352 e. The number of nitrogens with one attached hydrogen (secondary N) is 1. The highest BCUT2D eigenvalue weighted by molar-refractivity contribution is 5.76. The highest BCUT2D eigenvalue weighted by atomic mass is 16.1. The fraction of sp³-hybridized carbons (Fsp3) is 0.611. The summed E-state index contributed by atoms with van der Waals surface area (Å²) in [5.74, 6) is 0.820. The maximum atomic E-state index is 12.0. The van der Waals surface area contributed by atoms with E-state index in [-0.39, 0.29) is 5.91 Å². The highest BCUT2D eigenvalue weighted by Gasteiger charge is 2.16. The summed E-state index contributed by atoms with van der Waals surface area (Å²) in [4.78, 5) is 14.1. The van der Waals surface area contributed by atoms with Crippen molar-refractivity contribution in [3.8, 4) is 0 Å². The summed E-state index contributed by atoms with van der Waals surface area (Å²) in [5.41, 5.74) is 2.48. The van der Waals surface area contributed by atoms with Crippen LogP contribution in [-0.4, -0.2) is 24.9 Å². The van der Waals surface area contributed by atoms with Crippen LogP contribution in [0, 0.1) is 5.92 Å². The molecule has 1 aromatic rings. The Hall–Kier alpha value is -1.35. The van der Waals surface area contributed by atoms with E-state index in [0.717, 1.165) is 6.54 Å². The first-order chi connectivity index (χ1) is 10.1. The van der Waals surface area contributed by atoms with Gasteiger partial charge >= 0.3 is 0 Å². The molecule has 0 saturated heterocycles. The van der Waals surface area contributed by atoms with Crippen LogP contribution in [0.2, 0.25) is 0 Å². The molecule has 0 aromatic heterocycles. The minimum absolute atomic E-state index is 0.208. The second-order valence-electron chi connectivity index (χ2n) is 6.54. The lowest BCUT2D eigenvalue weighted by atomic mass is 9.87. The van der Waals surface area contributed by atoms with Gasteiger partial charge in [-0.15, -0.1) is 0 Å². The van der Waals surface area contributed by atoms with Crippen LogP contribution in [0.5, 0.6) is 0 Å². The van der Waals surface area contributed by atoms with Gasteiger partial charge in [0, 0.05) is 19.5 Å². The molecule has 0 atom stereocenters. The van der Waals surface area contributed by atoms with E-state index >= 15 is 0 Å². The fourth-order valence-corrected chi connectivity index (χ4v) is 3.05. The van der Waals surface area contributed by atoms with Crippen molar-refractivity contribution in [1.29, 1.82) is 0 Å². The van der Waals surface area contributed by atoms with Crippen molar-refractivity contribution in [2.24, 2.45) is 5.92 Å². The zero-order valence-electron chi connectivity index (χ0n) is 13.4. The molecule has 116 valence electrons. The minimum atomic E-state index is 0.208. The van der Waals surface area contributed by atoms with Gasteiger partial charge in [0.2, 0.25) is 5.91 Å². The number of hydrogen-bond donors (Lipinski definition) is 1. The number of amides is 1. The van der Waals surface area contributed by atoms with Crippen molar-refractivity contribution < 1.29 is 4.79 Å². The van der Waals surface area contributed by atoms with Crippen molar-refractivity contribution in [1.82, 2.24) is 10.2 Å². The van der Waals surface area contributed by atoms with Crippen LogP contribution in [0.4, 0.5) is 0 Å². The highest BCUT2D eigenvalue weighted by Crippen LogP contribution is 2.26. The number of carbonyl (C=O) groups is 1. The number of carbonyl (C=O) groups excluding carboxylic acids is 1. The number of hydrogen-bond acceptors (Lipinski definition) is 2. The van der Waals surface area contributed by atoms with Gasteiger partial charge in [0.15, 0.2) is 0 Å². The normalized spacial score (nSPS) is 16.1. The van der Waals surface area contributed by atoms with Gasteiger partial charge in [-0.25, -0.2) is 0 Å². The lowest BCUT2D eigenvalue weighted by molar-refractivity contribution is -0.122. The molecule has 1 fully saturated rings. The minimum Gasteiger partial charge on any atom is -0.352 e. The van der Waals surface area contributed by atoms with Crippen molar-refractivity contribution in [2.45, 2.75) is 51.6 Å². The van der Waals surface area contributed by atoms with Crippen LogP contribution in [0.15, 0.2) is 24.3 Å². The van der Waals surface area contributed by atoms with Crippen LogP contribution in [0.25, 0.3) is 0 Å². The Morgan fingerprint density at radius 2 is 1.71 bits per heavy atom. The third-order valence-corrected chi connectivity index (χ3v) is 4.21. The van der Waals surface area contributed by atoms with E-state index in [4.69, 9.17) is 0 Å². The average molecular weight is 288 g/mol. The first-order valence-electron chi connectivity index (χ1n) is 8.13. The Balaban J connectivity index is 1.73. The van der Waals surface area contributed by atoms with Crippen LogP contribution in [-0.2, 0) is 17.9 Å². The summed E-state index contributed by atoms with van der Waals surface area (Å²) in [5, 5.41) is 3.06. The predicted molar refractivity (Wildman–Crippen MR) is 86.9 cm³/mol. The molecule has 2 rings (SSSR count). The van der Waals surface area contributed by atoms with Gasteiger partial charge in [-0.1, -0.05) is 43.5 Å². The molecule has 3 nitrogen and oxygen atoms in total. The quantitative estimate of drug-likeness (QED) is 0.871. The number of benzene rings is 1.